The Balaban J connectivity index is 1.65. The van der Waals surface area contributed by atoms with Crippen LogP contribution in [0.4, 0.5) is 0 Å². The van der Waals surface area contributed by atoms with Crippen LogP contribution in [0.1, 0.15) is 24.4 Å². The second-order valence-electron chi connectivity index (χ2n) is 6.88. The van der Waals surface area contributed by atoms with Gasteiger partial charge >= 0.3 is 0 Å². The second-order valence-corrected chi connectivity index (χ2v) is 6.88. The molecule has 2 saturated heterocycles. The number of hydrogen-bond acceptors (Lipinski definition) is 10. The molecule has 2 fully saturated rings. The lowest BCUT2D eigenvalue weighted by atomic mass is 9.98. The van der Waals surface area contributed by atoms with Gasteiger partial charge in [0.05, 0.1) is 37.6 Å². The molecule has 0 amide bonds. The summed E-state index contributed by atoms with van der Waals surface area (Å²) in [7, 11) is 0. The highest BCUT2D eigenvalue weighted by Gasteiger charge is 2.36. The normalized spacial score (nSPS) is 37.2. The predicted octanol–water partition coefficient (Wildman–Crippen LogP) is -2.88. The van der Waals surface area contributed by atoms with Crippen molar-refractivity contribution in [2.24, 2.45) is 0 Å². The summed E-state index contributed by atoms with van der Waals surface area (Å²) in [6.07, 6.45) is -6.23. The van der Waals surface area contributed by atoms with Crippen LogP contribution in [0.3, 0.4) is 0 Å². The van der Waals surface area contributed by atoms with E-state index in [4.69, 9.17) is 19.0 Å². The topological polar surface area (TPSA) is 166 Å². The molecule has 0 saturated carbocycles. The minimum Gasteiger partial charge on any atom is -0.437 e. The van der Waals surface area contributed by atoms with Crippen LogP contribution in [0.25, 0.3) is 0 Å². The molecule has 10 heteroatoms. The van der Waals surface area contributed by atoms with Gasteiger partial charge < -0.3 is 44.5 Å². The van der Waals surface area contributed by atoms with Gasteiger partial charge in [-0.15, -0.1) is 0 Å². The first-order chi connectivity index (χ1) is 13.9. The van der Waals surface area contributed by atoms with Crippen molar-refractivity contribution in [2.45, 2.75) is 61.7 Å². The third-order valence-corrected chi connectivity index (χ3v) is 4.68. The number of ether oxygens (including phenoxy) is 2. The maximum atomic E-state index is 9.94. The summed E-state index contributed by atoms with van der Waals surface area (Å²) in [5.41, 5.74) is 0.218. The minimum atomic E-state index is -1.22. The van der Waals surface area contributed by atoms with Gasteiger partial charge in [0.2, 0.25) is 0 Å². The lowest BCUT2D eigenvalue weighted by Crippen LogP contribution is -2.48. The van der Waals surface area contributed by atoms with Gasteiger partial charge in [-0.1, -0.05) is 11.8 Å². The zero-order chi connectivity index (χ0) is 21.0. The molecule has 3 heterocycles. The van der Waals surface area contributed by atoms with E-state index in [1.54, 1.807) is 0 Å². The summed E-state index contributed by atoms with van der Waals surface area (Å²) in [6, 6.07) is 0. The van der Waals surface area contributed by atoms with E-state index in [9.17, 15) is 25.5 Å². The highest BCUT2D eigenvalue weighted by Crippen LogP contribution is 2.21. The number of aliphatic hydroxyl groups is 6. The van der Waals surface area contributed by atoms with Gasteiger partial charge in [0.15, 0.2) is 5.69 Å². The van der Waals surface area contributed by atoms with Crippen molar-refractivity contribution in [1.82, 2.24) is 4.98 Å². The Morgan fingerprint density at radius 1 is 0.897 bits per heavy atom. The SMILES string of the molecule is OCC1CC(O)C(O)C(C#Cc2nc(C#CC3O[C@H](CO)C(O)C[C@@H]3O)co2)O1. The fraction of sp³-hybridized carbons (Fsp3) is 0.632. The highest BCUT2D eigenvalue weighted by molar-refractivity contribution is 5.31. The smallest absolute Gasteiger partial charge is 0.274 e. The van der Waals surface area contributed by atoms with E-state index in [0.717, 1.165) is 0 Å². The number of rotatable bonds is 2. The molecular formula is C19H23NO9. The van der Waals surface area contributed by atoms with Crippen molar-refractivity contribution in [3.8, 4) is 23.7 Å². The van der Waals surface area contributed by atoms with E-state index in [-0.39, 0.29) is 31.0 Å². The lowest BCUT2D eigenvalue weighted by molar-refractivity contribution is -0.160. The zero-order valence-electron chi connectivity index (χ0n) is 15.4. The maximum Gasteiger partial charge on any atom is 0.274 e. The molecule has 2 aliphatic heterocycles. The number of nitrogens with zero attached hydrogens (tertiary/aromatic N) is 1. The van der Waals surface area contributed by atoms with Crippen LogP contribution in [0.15, 0.2) is 10.7 Å². The average Bonchev–Trinajstić information content (AvgIpc) is 3.16. The van der Waals surface area contributed by atoms with E-state index < -0.39 is 55.4 Å². The summed E-state index contributed by atoms with van der Waals surface area (Å²) in [5, 5.41) is 57.7. The quantitative estimate of drug-likeness (QED) is 0.279. The summed E-state index contributed by atoms with van der Waals surface area (Å²) in [5.74, 6) is 10.5. The monoisotopic (exact) mass is 409 g/mol. The van der Waals surface area contributed by atoms with Crippen LogP contribution in [0.2, 0.25) is 0 Å². The Morgan fingerprint density at radius 3 is 2.38 bits per heavy atom. The van der Waals surface area contributed by atoms with Crippen molar-refractivity contribution in [3.05, 3.63) is 17.8 Å². The first kappa shape index (κ1) is 21.7. The molecule has 1 aromatic heterocycles. The molecule has 158 valence electrons. The molecule has 8 atom stereocenters. The van der Waals surface area contributed by atoms with Gasteiger partial charge in [-0.3, -0.25) is 0 Å². The van der Waals surface area contributed by atoms with Crippen molar-refractivity contribution < 1.29 is 44.5 Å². The van der Waals surface area contributed by atoms with E-state index >= 15 is 0 Å². The summed E-state index contributed by atoms with van der Waals surface area (Å²) < 4.78 is 15.9. The number of hydrogen-bond donors (Lipinski definition) is 6. The molecule has 29 heavy (non-hydrogen) atoms. The number of oxazole rings is 1. The largest absolute Gasteiger partial charge is 0.437 e. The van der Waals surface area contributed by atoms with Crippen LogP contribution in [0, 0.1) is 23.7 Å². The third-order valence-electron chi connectivity index (χ3n) is 4.68. The van der Waals surface area contributed by atoms with Gasteiger partial charge in [-0.05, 0) is 11.8 Å². The minimum absolute atomic E-state index is 0.000482. The Hall–Kier alpha value is -1.99. The summed E-state index contributed by atoms with van der Waals surface area (Å²) in [4.78, 5) is 4.04. The van der Waals surface area contributed by atoms with E-state index in [1.165, 1.54) is 6.26 Å². The van der Waals surface area contributed by atoms with Gasteiger partial charge in [0, 0.05) is 12.8 Å². The Bertz CT molecular complexity index is 804. The molecule has 0 aromatic carbocycles. The number of aliphatic hydroxyl groups excluding tert-OH is 6. The molecule has 1 aromatic rings. The van der Waals surface area contributed by atoms with Crippen LogP contribution >= 0.6 is 0 Å². The molecule has 3 rings (SSSR count). The average molecular weight is 409 g/mol. The molecule has 6 N–H and O–H groups in total. The highest BCUT2D eigenvalue weighted by atomic mass is 16.5. The molecule has 0 radical (unpaired) electrons. The van der Waals surface area contributed by atoms with Crippen molar-refractivity contribution in [2.75, 3.05) is 13.2 Å². The van der Waals surface area contributed by atoms with Crippen molar-refractivity contribution in [1.29, 1.82) is 0 Å². The molecule has 0 aliphatic carbocycles. The summed E-state index contributed by atoms with van der Waals surface area (Å²) in [6.45, 7) is -0.694. The molecule has 0 spiro atoms. The fourth-order valence-corrected chi connectivity index (χ4v) is 3.04. The van der Waals surface area contributed by atoms with E-state index in [2.05, 4.69) is 28.7 Å². The molecular weight excluding hydrogens is 386 g/mol. The summed E-state index contributed by atoms with van der Waals surface area (Å²) >= 11 is 0. The van der Waals surface area contributed by atoms with Gasteiger partial charge in [-0.25, -0.2) is 0 Å². The third kappa shape index (κ3) is 5.34. The second kappa shape index (κ2) is 9.67. The zero-order valence-corrected chi connectivity index (χ0v) is 15.4. The van der Waals surface area contributed by atoms with Crippen LogP contribution in [-0.4, -0.2) is 97.7 Å². The predicted molar refractivity (Wildman–Crippen MR) is 95.0 cm³/mol. The first-order valence-electron chi connectivity index (χ1n) is 9.14. The van der Waals surface area contributed by atoms with E-state index in [0.29, 0.717) is 0 Å². The van der Waals surface area contributed by atoms with Crippen LogP contribution in [-0.2, 0) is 9.47 Å². The van der Waals surface area contributed by atoms with Crippen molar-refractivity contribution >= 4 is 0 Å². The molecule has 0 bridgehead atoms. The fourth-order valence-electron chi connectivity index (χ4n) is 3.04. The van der Waals surface area contributed by atoms with Gasteiger partial charge in [0.1, 0.15) is 30.7 Å². The van der Waals surface area contributed by atoms with Crippen LogP contribution in [0.5, 0.6) is 0 Å². The van der Waals surface area contributed by atoms with Gasteiger partial charge in [-0.2, -0.15) is 4.98 Å². The molecule has 10 nitrogen and oxygen atoms in total. The van der Waals surface area contributed by atoms with E-state index in [1.807, 2.05) is 0 Å². The van der Waals surface area contributed by atoms with Gasteiger partial charge in [0.25, 0.3) is 5.89 Å². The standard InChI is InChI=1S/C19H23NO9/c21-7-11-5-14(25)19(26)16(28-11)3-4-18-20-10(9-27-18)1-2-15-12(23)6-13(24)17(8-22)29-15/h9,11-17,19,21-26H,5-8H2/t11?,12-,13?,14?,15?,16?,17+,19?/m0/s1. The maximum absolute atomic E-state index is 9.94. The van der Waals surface area contributed by atoms with Crippen molar-refractivity contribution in [3.63, 3.8) is 0 Å². The molecule has 6 unspecified atom stereocenters. The Labute approximate surface area is 166 Å². The Morgan fingerprint density at radius 2 is 1.66 bits per heavy atom. The first-order valence-corrected chi connectivity index (χ1v) is 9.14. The lowest BCUT2D eigenvalue weighted by Gasteiger charge is -2.33. The van der Waals surface area contributed by atoms with Crippen LogP contribution < -0.4 is 0 Å². The number of aromatic nitrogens is 1. The molecule has 2 aliphatic rings. The Kier molecular flexibility index (Phi) is 7.24.